The molecule has 0 saturated carbocycles. The van der Waals surface area contributed by atoms with Gasteiger partial charge in [0.15, 0.2) is 11.5 Å². The van der Waals surface area contributed by atoms with E-state index in [4.69, 9.17) is 14.2 Å². The molecule has 1 saturated heterocycles. The topological polar surface area (TPSA) is 87.1 Å². The summed E-state index contributed by atoms with van der Waals surface area (Å²) in [5, 5.41) is -0.347. The van der Waals surface area contributed by atoms with Gasteiger partial charge in [-0.2, -0.15) is 0 Å². The van der Waals surface area contributed by atoms with E-state index in [0.717, 1.165) is 28.7 Å². The maximum absolute atomic E-state index is 13.0. The first-order valence-electron chi connectivity index (χ1n) is 11.2. The minimum absolute atomic E-state index is 0.117. The lowest BCUT2D eigenvalue weighted by Gasteiger charge is -2.14. The minimum Gasteiger partial charge on any atom is -0.493 e. The van der Waals surface area contributed by atoms with E-state index in [1.165, 1.54) is 12.0 Å². The van der Waals surface area contributed by atoms with Crippen molar-refractivity contribution in [2.45, 2.75) is 13.8 Å². The van der Waals surface area contributed by atoms with Crippen LogP contribution in [-0.2, 0) is 9.53 Å². The molecule has 0 unspecified atom stereocenters. The molecule has 0 aliphatic carbocycles. The Bertz CT molecular complexity index is 1360. The third kappa shape index (κ3) is 4.87. The Labute approximate surface area is 213 Å². The highest BCUT2D eigenvalue weighted by atomic mass is 32.2. The molecule has 0 atom stereocenters. The van der Waals surface area contributed by atoms with Crippen LogP contribution in [0.15, 0.2) is 59.5 Å². The molecule has 0 N–H and O–H groups in total. The van der Waals surface area contributed by atoms with Crippen molar-refractivity contribution in [1.82, 2.24) is 9.47 Å². The summed E-state index contributed by atoms with van der Waals surface area (Å²) in [6.45, 7) is 4.08. The molecule has 36 heavy (non-hydrogen) atoms. The molecule has 9 heteroatoms. The lowest BCUT2D eigenvalue weighted by molar-refractivity contribution is -0.123. The van der Waals surface area contributed by atoms with E-state index in [9.17, 15) is 14.4 Å². The van der Waals surface area contributed by atoms with Crippen molar-refractivity contribution in [3.05, 3.63) is 82.0 Å². The van der Waals surface area contributed by atoms with Crippen LogP contribution in [0.25, 0.3) is 11.8 Å². The molecule has 0 bridgehead atoms. The number of methoxy groups -OCH3 is 2. The van der Waals surface area contributed by atoms with Gasteiger partial charge in [-0.25, -0.2) is 4.79 Å². The summed E-state index contributed by atoms with van der Waals surface area (Å²) < 4.78 is 17.9. The number of esters is 1. The fourth-order valence-corrected chi connectivity index (χ4v) is 4.93. The number of rotatable bonds is 8. The zero-order valence-corrected chi connectivity index (χ0v) is 21.3. The molecule has 0 radical (unpaired) electrons. The van der Waals surface area contributed by atoms with Crippen molar-refractivity contribution in [1.29, 1.82) is 0 Å². The van der Waals surface area contributed by atoms with E-state index in [0.29, 0.717) is 27.7 Å². The fraction of sp³-hybridized carbons (Fsp3) is 0.222. The third-order valence-electron chi connectivity index (χ3n) is 5.82. The number of imide groups is 1. The van der Waals surface area contributed by atoms with Gasteiger partial charge in [0, 0.05) is 11.4 Å². The number of hydrogen-bond donors (Lipinski definition) is 0. The molecule has 1 aliphatic heterocycles. The monoisotopic (exact) mass is 506 g/mol. The Morgan fingerprint density at radius 2 is 1.69 bits per heavy atom. The van der Waals surface area contributed by atoms with Crippen LogP contribution in [0.2, 0.25) is 0 Å². The number of hydrogen-bond acceptors (Lipinski definition) is 7. The van der Waals surface area contributed by atoms with Gasteiger partial charge in [-0.3, -0.25) is 14.5 Å². The SMILES string of the molecule is COC(=O)c1ccccc1-n1c(C)cc(/C=C2\SC(=O)N(CCOc3ccccc3OC)C2=O)c1C. The number of aromatic nitrogens is 1. The minimum atomic E-state index is -0.434. The van der Waals surface area contributed by atoms with Gasteiger partial charge in [0.25, 0.3) is 11.1 Å². The molecule has 3 aromatic rings. The van der Waals surface area contributed by atoms with Gasteiger partial charge >= 0.3 is 5.97 Å². The summed E-state index contributed by atoms with van der Waals surface area (Å²) in [6.07, 6.45) is 1.71. The van der Waals surface area contributed by atoms with Crippen molar-refractivity contribution in [3.8, 4) is 17.2 Å². The van der Waals surface area contributed by atoms with Gasteiger partial charge in [0.05, 0.1) is 36.9 Å². The molecule has 1 aliphatic rings. The van der Waals surface area contributed by atoms with Crippen LogP contribution in [0.5, 0.6) is 11.5 Å². The quantitative estimate of drug-likeness (QED) is 0.314. The number of para-hydroxylation sites is 3. The number of thioether (sulfide) groups is 1. The van der Waals surface area contributed by atoms with E-state index in [2.05, 4.69) is 0 Å². The van der Waals surface area contributed by atoms with E-state index >= 15 is 0 Å². The average molecular weight is 507 g/mol. The van der Waals surface area contributed by atoms with Gasteiger partial charge in [-0.05, 0) is 67.6 Å². The normalized spacial score (nSPS) is 14.4. The number of nitrogens with zero attached hydrogens (tertiary/aromatic N) is 2. The van der Waals surface area contributed by atoms with Crippen LogP contribution in [0, 0.1) is 13.8 Å². The maximum Gasteiger partial charge on any atom is 0.339 e. The maximum atomic E-state index is 13.0. The molecule has 2 amide bonds. The molecule has 8 nitrogen and oxygen atoms in total. The summed E-state index contributed by atoms with van der Waals surface area (Å²) in [6, 6.07) is 16.3. The zero-order valence-electron chi connectivity index (χ0n) is 20.4. The second kappa shape index (κ2) is 10.7. The van der Waals surface area contributed by atoms with Crippen molar-refractivity contribution >= 4 is 35.0 Å². The Hall–Kier alpha value is -3.98. The smallest absolute Gasteiger partial charge is 0.339 e. The highest BCUT2D eigenvalue weighted by Gasteiger charge is 2.35. The van der Waals surface area contributed by atoms with Crippen LogP contribution in [0.3, 0.4) is 0 Å². The highest BCUT2D eigenvalue weighted by Crippen LogP contribution is 2.34. The number of aryl methyl sites for hydroxylation is 1. The summed E-state index contributed by atoms with van der Waals surface area (Å²) in [5.74, 6) is 0.322. The van der Waals surface area contributed by atoms with Crippen molar-refractivity contribution < 1.29 is 28.6 Å². The van der Waals surface area contributed by atoms with Gasteiger partial charge < -0.3 is 18.8 Å². The Balaban J connectivity index is 1.54. The predicted octanol–water partition coefficient (Wildman–Crippen LogP) is 5.00. The molecule has 1 aromatic heterocycles. The van der Waals surface area contributed by atoms with Crippen molar-refractivity contribution in [2.24, 2.45) is 0 Å². The van der Waals surface area contributed by atoms with Gasteiger partial charge in [0.2, 0.25) is 0 Å². The number of carbonyl (C=O) groups is 3. The van der Waals surface area contributed by atoms with Crippen LogP contribution in [-0.4, -0.2) is 54.0 Å². The summed E-state index contributed by atoms with van der Waals surface area (Å²) >= 11 is 0.897. The highest BCUT2D eigenvalue weighted by molar-refractivity contribution is 8.18. The van der Waals surface area contributed by atoms with Gasteiger partial charge in [-0.15, -0.1) is 0 Å². The summed E-state index contributed by atoms with van der Waals surface area (Å²) in [4.78, 5) is 39.4. The largest absolute Gasteiger partial charge is 0.493 e. The van der Waals surface area contributed by atoms with E-state index in [-0.39, 0.29) is 24.3 Å². The fourth-order valence-electron chi connectivity index (χ4n) is 4.07. The first kappa shape index (κ1) is 25.1. The van der Waals surface area contributed by atoms with Gasteiger partial charge in [0.1, 0.15) is 6.61 Å². The van der Waals surface area contributed by atoms with Crippen LogP contribution < -0.4 is 9.47 Å². The zero-order chi connectivity index (χ0) is 25.8. The van der Waals surface area contributed by atoms with E-state index < -0.39 is 5.97 Å². The molecule has 0 spiro atoms. The molecule has 4 rings (SSSR count). The lowest BCUT2D eigenvalue weighted by atomic mass is 10.1. The second-order valence-corrected chi connectivity index (χ2v) is 9.00. The van der Waals surface area contributed by atoms with Crippen LogP contribution in [0.1, 0.15) is 27.3 Å². The first-order valence-corrected chi connectivity index (χ1v) is 12.0. The molecule has 1 fully saturated rings. The van der Waals surface area contributed by atoms with Crippen LogP contribution >= 0.6 is 11.8 Å². The van der Waals surface area contributed by atoms with Crippen LogP contribution in [0.4, 0.5) is 4.79 Å². The summed E-state index contributed by atoms with van der Waals surface area (Å²) in [5.41, 5.74) is 3.60. The van der Waals surface area contributed by atoms with Crippen molar-refractivity contribution in [3.63, 3.8) is 0 Å². The Morgan fingerprint density at radius 3 is 2.42 bits per heavy atom. The second-order valence-electron chi connectivity index (χ2n) is 8.00. The summed E-state index contributed by atoms with van der Waals surface area (Å²) in [7, 11) is 2.89. The third-order valence-corrected chi connectivity index (χ3v) is 6.73. The molecule has 2 aromatic carbocycles. The Kier molecular flexibility index (Phi) is 7.49. The van der Waals surface area contributed by atoms with Crippen molar-refractivity contribution in [2.75, 3.05) is 27.4 Å². The Morgan fingerprint density at radius 1 is 1.00 bits per heavy atom. The van der Waals surface area contributed by atoms with Gasteiger partial charge in [-0.1, -0.05) is 24.3 Å². The lowest BCUT2D eigenvalue weighted by Crippen LogP contribution is -2.32. The number of benzene rings is 2. The molecular formula is C27H26N2O6S. The average Bonchev–Trinajstić information content (AvgIpc) is 3.32. The number of ether oxygens (including phenoxy) is 3. The molecular weight excluding hydrogens is 480 g/mol. The first-order chi connectivity index (χ1) is 17.3. The predicted molar refractivity (Wildman–Crippen MR) is 138 cm³/mol. The van der Waals surface area contributed by atoms with E-state index in [1.807, 2.05) is 48.7 Å². The standard InChI is InChI=1S/C27H26N2O6S/c1-17-15-19(18(2)29(17)21-10-6-5-9-20(21)26(31)34-4)16-24-25(30)28(27(32)36-24)13-14-35-23-12-8-7-11-22(23)33-3/h5-12,15-16H,13-14H2,1-4H3/b24-16-. The molecule has 2 heterocycles. The number of amides is 2. The molecule has 186 valence electrons. The van der Waals surface area contributed by atoms with E-state index in [1.54, 1.807) is 37.5 Å². The number of carbonyl (C=O) groups excluding carboxylic acids is 3.